The Bertz CT molecular complexity index is 1470. The molecule has 0 bridgehead atoms. The van der Waals surface area contributed by atoms with E-state index in [1.54, 1.807) is 18.2 Å². The summed E-state index contributed by atoms with van der Waals surface area (Å²) in [7, 11) is -0.974. The molecule has 0 unspecified atom stereocenters. The molecule has 4 aromatic rings. The van der Waals surface area contributed by atoms with Crippen molar-refractivity contribution >= 4 is 27.6 Å². The SMILES string of the molecule is COc1ccc(-c2nc(NC(=O)c3cccc(S(=O)(=O)Nc4ccc(F)cc4)c3)n[nH]2)c(OC)c1. The number of amides is 1. The van der Waals surface area contributed by atoms with Crippen LogP contribution in [0.4, 0.5) is 16.0 Å². The lowest BCUT2D eigenvalue weighted by Crippen LogP contribution is -2.16. The summed E-state index contributed by atoms with van der Waals surface area (Å²) in [4.78, 5) is 16.9. The number of carbonyl (C=O) groups is 1. The lowest BCUT2D eigenvalue weighted by atomic mass is 10.2. The minimum Gasteiger partial charge on any atom is -0.497 e. The van der Waals surface area contributed by atoms with Crippen LogP contribution in [0, 0.1) is 5.82 Å². The number of benzene rings is 3. The number of aromatic amines is 1. The molecule has 1 aromatic heterocycles. The van der Waals surface area contributed by atoms with Crippen LogP contribution < -0.4 is 19.5 Å². The zero-order chi connectivity index (χ0) is 25.0. The third-order valence-electron chi connectivity index (χ3n) is 4.88. The van der Waals surface area contributed by atoms with E-state index in [0.29, 0.717) is 22.9 Å². The molecule has 10 nitrogen and oxygen atoms in total. The molecule has 3 aromatic carbocycles. The van der Waals surface area contributed by atoms with Crippen molar-refractivity contribution < 1.29 is 27.1 Å². The fraction of sp³-hybridized carbons (Fsp3) is 0.0870. The molecular weight excluding hydrogens is 477 g/mol. The Kier molecular flexibility index (Phi) is 6.64. The molecule has 0 saturated heterocycles. The van der Waals surface area contributed by atoms with E-state index in [0.717, 1.165) is 12.1 Å². The summed E-state index contributed by atoms with van der Waals surface area (Å²) in [6.45, 7) is 0. The third-order valence-corrected chi connectivity index (χ3v) is 6.26. The monoisotopic (exact) mass is 497 g/mol. The fourth-order valence-corrected chi connectivity index (χ4v) is 4.25. The van der Waals surface area contributed by atoms with E-state index in [-0.39, 0.29) is 22.1 Å². The van der Waals surface area contributed by atoms with E-state index in [1.165, 1.54) is 50.6 Å². The first-order valence-electron chi connectivity index (χ1n) is 10.1. The van der Waals surface area contributed by atoms with Crippen molar-refractivity contribution in [2.45, 2.75) is 4.90 Å². The quantitative estimate of drug-likeness (QED) is 0.338. The second-order valence-corrected chi connectivity index (χ2v) is 8.85. The van der Waals surface area contributed by atoms with E-state index in [2.05, 4.69) is 25.2 Å². The van der Waals surface area contributed by atoms with Crippen LogP contribution >= 0.6 is 0 Å². The zero-order valence-corrected chi connectivity index (χ0v) is 19.4. The largest absolute Gasteiger partial charge is 0.497 e. The van der Waals surface area contributed by atoms with Crippen LogP contribution in [0.2, 0.25) is 0 Å². The highest BCUT2D eigenvalue weighted by atomic mass is 32.2. The van der Waals surface area contributed by atoms with Gasteiger partial charge in [-0.15, -0.1) is 5.10 Å². The maximum atomic E-state index is 13.1. The molecule has 0 aliphatic rings. The second-order valence-electron chi connectivity index (χ2n) is 7.17. The first-order chi connectivity index (χ1) is 16.8. The molecule has 0 atom stereocenters. The number of H-pyrrole nitrogens is 1. The summed E-state index contributed by atoms with van der Waals surface area (Å²) < 4.78 is 51.4. The Labute approximate surface area is 200 Å². The van der Waals surface area contributed by atoms with Gasteiger partial charge < -0.3 is 9.47 Å². The summed E-state index contributed by atoms with van der Waals surface area (Å²) >= 11 is 0. The van der Waals surface area contributed by atoms with Gasteiger partial charge in [0.1, 0.15) is 17.3 Å². The first-order valence-corrected chi connectivity index (χ1v) is 11.6. The highest BCUT2D eigenvalue weighted by Crippen LogP contribution is 2.31. The molecule has 4 rings (SSSR count). The van der Waals surface area contributed by atoms with Crippen molar-refractivity contribution in [2.75, 3.05) is 24.3 Å². The number of nitrogens with zero attached hydrogens (tertiary/aromatic N) is 2. The smallest absolute Gasteiger partial charge is 0.261 e. The van der Waals surface area contributed by atoms with Crippen molar-refractivity contribution in [1.82, 2.24) is 15.2 Å². The van der Waals surface area contributed by atoms with Gasteiger partial charge in [0.15, 0.2) is 5.82 Å². The van der Waals surface area contributed by atoms with E-state index in [1.807, 2.05) is 0 Å². The maximum Gasteiger partial charge on any atom is 0.261 e. The topological polar surface area (TPSA) is 135 Å². The number of methoxy groups -OCH3 is 2. The van der Waals surface area contributed by atoms with Crippen LogP contribution in [0.5, 0.6) is 11.5 Å². The number of halogens is 1. The summed E-state index contributed by atoms with van der Waals surface area (Å²) in [5.41, 5.74) is 0.852. The molecule has 1 heterocycles. The van der Waals surface area contributed by atoms with Crippen molar-refractivity contribution in [1.29, 1.82) is 0 Å². The number of anilines is 2. The number of sulfonamides is 1. The second kappa shape index (κ2) is 9.81. The van der Waals surface area contributed by atoms with Crippen LogP contribution in [-0.2, 0) is 10.0 Å². The molecule has 35 heavy (non-hydrogen) atoms. The normalized spacial score (nSPS) is 11.1. The van der Waals surface area contributed by atoms with Crippen LogP contribution in [0.1, 0.15) is 10.4 Å². The predicted octanol–water partition coefficient (Wildman–Crippen LogP) is 3.68. The molecule has 0 aliphatic carbocycles. The van der Waals surface area contributed by atoms with Crippen LogP contribution in [-0.4, -0.2) is 43.7 Å². The number of nitrogens with one attached hydrogen (secondary N) is 3. The van der Waals surface area contributed by atoms with E-state index in [4.69, 9.17) is 9.47 Å². The van der Waals surface area contributed by atoms with Gasteiger partial charge in [0.05, 0.1) is 24.7 Å². The fourth-order valence-electron chi connectivity index (χ4n) is 3.14. The van der Waals surface area contributed by atoms with Crippen LogP contribution in [0.3, 0.4) is 0 Å². The lowest BCUT2D eigenvalue weighted by Gasteiger charge is -2.09. The number of hydrogen-bond acceptors (Lipinski definition) is 7. The molecule has 0 spiro atoms. The molecule has 3 N–H and O–H groups in total. The Morgan fingerprint density at radius 2 is 1.77 bits per heavy atom. The first kappa shape index (κ1) is 23.7. The van der Waals surface area contributed by atoms with Crippen molar-refractivity contribution in [2.24, 2.45) is 0 Å². The van der Waals surface area contributed by atoms with Crippen LogP contribution in [0.15, 0.2) is 71.6 Å². The summed E-state index contributed by atoms with van der Waals surface area (Å²) in [5.74, 6) is 0.316. The number of hydrogen-bond donors (Lipinski definition) is 3. The average molecular weight is 498 g/mol. The van der Waals surface area contributed by atoms with Gasteiger partial charge in [0, 0.05) is 17.3 Å². The number of rotatable bonds is 8. The zero-order valence-electron chi connectivity index (χ0n) is 18.6. The predicted molar refractivity (Wildman–Crippen MR) is 127 cm³/mol. The van der Waals surface area contributed by atoms with Crippen molar-refractivity contribution in [3.8, 4) is 22.9 Å². The summed E-state index contributed by atoms with van der Waals surface area (Å²) in [6, 6.07) is 15.4. The van der Waals surface area contributed by atoms with Gasteiger partial charge in [-0.05, 0) is 54.6 Å². The number of carbonyl (C=O) groups excluding carboxylic acids is 1. The van der Waals surface area contributed by atoms with Crippen LogP contribution in [0.25, 0.3) is 11.4 Å². The highest BCUT2D eigenvalue weighted by Gasteiger charge is 2.18. The summed E-state index contributed by atoms with van der Waals surface area (Å²) in [6.07, 6.45) is 0. The molecule has 1 amide bonds. The van der Waals surface area contributed by atoms with Gasteiger partial charge in [-0.25, -0.2) is 12.8 Å². The van der Waals surface area contributed by atoms with E-state index in [9.17, 15) is 17.6 Å². The number of aromatic nitrogens is 3. The molecule has 0 radical (unpaired) electrons. The Balaban J connectivity index is 1.51. The highest BCUT2D eigenvalue weighted by molar-refractivity contribution is 7.92. The standard InChI is InChI=1S/C23H20FN5O5S/c1-33-17-10-11-19(20(13-17)34-2)21-25-23(28-27-21)26-22(30)14-4-3-5-18(12-14)35(31,32)29-16-8-6-15(24)7-9-16/h3-13,29H,1-2H3,(H2,25,26,27,28,30). The third kappa shape index (κ3) is 5.38. The van der Waals surface area contributed by atoms with Gasteiger partial charge in [-0.2, -0.15) is 4.98 Å². The Morgan fingerprint density at radius 1 is 1.00 bits per heavy atom. The average Bonchev–Trinajstić information content (AvgIpc) is 3.33. The van der Waals surface area contributed by atoms with Gasteiger partial charge in [0.25, 0.3) is 15.9 Å². The molecule has 0 aliphatic heterocycles. The minimum absolute atomic E-state index is 0.0134. The number of ether oxygens (including phenoxy) is 2. The van der Waals surface area contributed by atoms with Gasteiger partial charge in [-0.1, -0.05) is 6.07 Å². The minimum atomic E-state index is -4.01. The van der Waals surface area contributed by atoms with Gasteiger partial charge in [0.2, 0.25) is 5.95 Å². The Morgan fingerprint density at radius 3 is 2.49 bits per heavy atom. The molecule has 180 valence electrons. The molecule has 12 heteroatoms. The van der Waals surface area contributed by atoms with Gasteiger partial charge >= 0.3 is 0 Å². The Hall–Kier alpha value is -4.45. The van der Waals surface area contributed by atoms with Crippen molar-refractivity contribution in [3.63, 3.8) is 0 Å². The maximum absolute atomic E-state index is 13.1. The lowest BCUT2D eigenvalue weighted by molar-refractivity contribution is 0.102. The molecular formula is C23H20FN5O5S. The molecule has 0 saturated carbocycles. The van der Waals surface area contributed by atoms with E-state index >= 15 is 0 Å². The van der Waals surface area contributed by atoms with Gasteiger partial charge in [-0.3, -0.25) is 19.9 Å². The van der Waals surface area contributed by atoms with Crippen molar-refractivity contribution in [3.05, 3.63) is 78.1 Å². The van der Waals surface area contributed by atoms with E-state index < -0.39 is 21.7 Å². The summed E-state index contributed by atoms with van der Waals surface area (Å²) in [5, 5.41) is 9.25. The molecule has 0 fully saturated rings.